The molecule has 0 aliphatic heterocycles. The molecule has 1 fully saturated rings. The van der Waals surface area contributed by atoms with Crippen LogP contribution in [0.25, 0.3) is 0 Å². The van der Waals surface area contributed by atoms with Gasteiger partial charge in [0.2, 0.25) is 6.41 Å². The van der Waals surface area contributed by atoms with Crippen LogP contribution >= 0.6 is 0 Å². The van der Waals surface area contributed by atoms with Gasteiger partial charge in [-0.1, -0.05) is 59.3 Å². The molecule has 1 aliphatic rings. The van der Waals surface area contributed by atoms with E-state index in [1.54, 1.807) is 6.92 Å². The number of amides is 1. The molecule has 4 nitrogen and oxygen atoms in total. The molecule has 1 aliphatic carbocycles. The molecular formula is C17H37NO3. The van der Waals surface area contributed by atoms with E-state index in [0.717, 1.165) is 12.5 Å². The lowest BCUT2D eigenvalue weighted by atomic mass is 9.88. The van der Waals surface area contributed by atoms with Crippen LogP contribution in [0.3, 0.4) is 0 Å². The van der Waals surface area contributed by atoms with Gasteiger partial charge in [-0.2, -0.15) is 0 Å². The molecule has 0 bridgehead atoms. The van der Waals surface area contributed by atoms with Gasteiger partial charge in [0.15, 0.2) is 0 Å². The highest BCUT2D eigenvalue weighted by atomic mass is 16.5. The van der Waals surface area contributed by atoms with Crippen molar-refractivity contribution >= 4 is 12.4 Å². The Hall–Kier alpha value is -1.06. The Labute approximate surface area is 132 Å². The predicted molar refractivity (Wildman–Crippen MR) is 90.3 cm³/mol. The number of rotatable bonds is 4. The van der Waals surface area contributed by atoms with Crippen molar-refractivity contribution in [3.8, 4) is 0 Å². The number of carbonyl (C=O) groups is 2. The molecule has 0 heterocycles. The summed E-state index contributed by atoms with van der Waals surface area (Å²) in [5, 5.41) is 2.43. The maximum Gasteiger partial charge on any atom is 0.302 e. The molecule has 0 aromatic carbocycles. The zero-order valence-electron chi connectivity index (χ0n) is 15.0. The Morgan fingerprint density at radius 2 is 1.67 bits per heavy atom. The highest BCUT2D eigenvalue weighted by Gasteiger charge is 2.09. The monoisotopic (exact) mass is 303 g/mol. The second-order valence-electron chi connectivity index (χ2n) is 4.51. The van der Waals surface area contributed by atoms with Gasteiger partial charge in [-0.05, 0) is 19.8 Å². The molecule has 0 aromatic heterocycles. The Balaban J connectivity index is -0.000000225. The SMILES string of the molecule is CC.CCC1CCCCC1.CCNC=O.CCOC(C)=O. The fourth-order valence-corrected chi connectivity index (χ4v) is 1.88. The summed E-state index contributed by atoms with van der Waals surface area (Å²) in [7, 11) is 0. The molecule has 21 heavy (non-hydrogen) atoms. The molecular weight excluding hydrogens is 266 g/mol. The van der Waals surface area contributed by atoms with Gasteiger partial charge in [0.05, 0.1) is 6.61 Å². The number of esters is 1. The van der Waals surface area contributed by atoms with Crippen molar-refractivity contribution in [2.24, 2.45) is 5.92 Å². The van der Waals surface area contributed by atoms with E-state index in [0.29, 0.717) is 13.0 Å². The predicted octanol–water partition coefficient (Wildman–Crippen LogP) is 4.32. The molecule has 0 spiro atoms. The number of nitrogens with one attached hydrogen (secondary N) is 1. The van der Waals surface area contributed by atoms with Crippen LogP contribution in [-0.4, -0.2) is 25.5 Å². The average Bonchev–Trinajstić information content (AvgIpc) is 2.52. The summed E-state index contributed by atoms with van der Waals surface area (Å²) >= 11 is 0. The van der Waals surface area contributed by atoms with Crippen molar-refractivity contribution in [3.05, 3.63) is 0 Å². The lowest BCUT2D eigenvalue weighted by Crippen LogP contribution is -2.07. The van der Waals surface area contributed by atoms with Crippen molar-refractivity contribution in [1.29, 1.82) is 0 Å². The third kappa shape index (κ3) is 28.0. The molecule has 1 saturated carbocycles. The summed E-state index contributed by atoms with van der Waals surface area (Å²) in [4.78, 5) is 19.1. The van der Waals surface area contributed by atoms with Crippen LogP contribution in [0.15, 0.2) is 0 Å². The topological polar surface area (TPSA) is 55.4 Å². The quantitative estimate of drug-likeness (QED) is 0.621. The van der Waals surface area contributed by atoms with Gasteiger partial charge in [-0.3, -0.25) is 9.59 Å². The van der Waals surface area contributed by atoms with Crippen LogP contribution in [0.4, 0.5) is 0 Å². The van der Waals surface area contributed by atoms with Crippen molar-refractivity contribution in [2.75, 3.05) is 13.2 Å². The van der Waals surface area contributed by atoms with Crippen molar-refractivity contribution in [3.63, 3.8) is 0 Å². The molecule has 128 valence electrons. The van der Waals surface area contributed by atoms with Gasteiger partial charge in [-0.15, -0.1) is 0 Å². The van der Waals surface area contributed by atoms with Crippen LogP contribution in [0.2, 0.25) is 0 Å². The van der Waals surface area contributed by atoms with E-state index < -0.39 is 0 Å². The van der Waals surface area contributed by atoms with Crippen LogP contribution < -0.4 is 5.32 Å². The van der Waals surface area contributed by atoms with E-state index in [4.69, 9.17) is 0 Å². The molecule has 0 saturated heterocycles. The first kappa shape index (κ1) is 24.9. The summed E-state index contributed by atoms with van der Waals surface area (Å²) in [6.07, 6.45) is 9.61. The minimum atomic E-state index is -0.211. The Kier molecular flexibility index (Phi) is 28.5. The molecule has 0 aromatic rings. The number of hydrogen-bond acceptors (Lipinski definition) is 3. The first-order chi connectivity index (χ1) is 10.1. The van der Waals surface area contributed by atoms with Gasteiger partial charge < -0.3 is 10.1 Å². The summed E-state index contributed by atoms with van der Waals surface area (Å²) < 4.78 is 4.40. The van der Waals surface area contributed by atoms with Gasteiger partial charge in [0.1, 0.15) is 0 Å². The van der Waals surface area contributed by atoms with Crippen molar-refractivity contribution in [1.82, 2.24) is 5.32 Å². The molecule has 1 N–H and O–H groups in total. The second kappa shape index (κ2) is 24.0. The molecule has 1 amide bonds. The molecule has 0 radical (unpaired) electrons. The molecule has 0 atom stereocenters. The fourth-order valence-electron chi connectivity index (χ4n) is 1.88. The third-order valence-electron chi connectivity index (χ3n) is 2.94. The van der Waals surface area contributed by atoms with E-state index in [9.17, 15) is 9.59 Å². The summed E-state index contributed by atoms with van der Waals surface area (Å²) in [6.45, 7) is 12.6. The van der Waals surface area contributed by atoms with Crippen LogP contribution in [0, 0.1) is 5.92 Å². The van der Waals surface area contributed by atoms with Crippen LogP contribution in [-0.2, 0) is 14.3 Å². The normalized spacial score (nSPS) is 13.0. The standard InChI is InChI=1S/C8H16.C4H8O2.C3H7NO.C2H6/c1-2-8-6-4-3-5-7-8;1-3-6-4(2)5;1-2-4-3-5;1-2/h8H,2-7H2,1H3;3H2,1-2H3;3H,2H2,1H3,(H,4,5);1-2H3. The van der Waals surface area contributed by atoms with Gasteiger partial charge in [0, 0.05) is 13.5 Å². The van der Waals surface area contributed by atoms with E-state index in [1.807, 2.05) is 20.8 Å². The average molecular weight is 303 g/mol. The first-order valence-electron chi connectivity index (χ1n) is 8.42. The Bertz CT molecular complexity index is 202. The van der Waals surface area contributed by atoms with E-state index >= 15 is 0 Å². The third-order valence-corrected chi connectivity index (χ3v) is 2.94. The van der Waals surface area contributed by atoms with Gasteiger partial charge in [-0.25, -0.2) is 0 Å². The maximum atomic E-state index is 9.82. The lowest BCUT2D eigenvalue weighted by Gasteiger charge is -2.18. The summed E-state index contributed by atoms with van der Waals surface area (Å²) in [5.74, 6) is 0.876. The highest BCUT2D eigenvalue weighted by molar-refractivity contribution is 5.65. The smallest absolute Gasteiger partial charge is 0.302 e. The van der Waals surface area contributed by atoms with E-state index in [-0.39, 0.29) is 5.97 Å². The summed E-state index contributed by atoms with van der Waals surface area (Å²) in [5.41, 5.74) is 0. The van der Waals surface area contributed by atoms with Crippen molar-refractivity contribution in [2.45, 2.75) is 80.1 Å². The highest BCUT2D eigenvalue weighted by Crippen LogP contribution is 2.25. The zero-order valence-corrected chi connectivity index (χ0v) is 15.0. The van der Waals surface area contributed by atoms with Crippen LogP contribution in [0.5, 0.6) is 0 Å². The molecule has 1 rings (SSSR count). The van der Waals surface area contributed by atoms with Gasteiger partial charge >= 0.3 is 5.97 Å². The zero-order chi connectivity index (χ0) is 16.9. The maximum absolute atomic E-state index is 9.82. The molecule has 0 unspecified atom stereocenters. The lowest BCUT2D eigenvalue weighted by molar-refractivity contribution is -0.140. The number of ether oxygens (including phenoxy) is 1. The van der Waals surface area contributed by atoms with E-state index in [1.165, 1.54) is 45.4 Å². The van der Waals surface area contributed by atoms with E-state index in [2.05, 4.69) is 17.0 Å². The minimum Gasteiger partial charge on any atom is -0.466 e. The number of carbonyl (C=O) groups excluding carboxylic acids is 2. The van der Waals surface area contributed by atoms with Crippen LogP contribution in [0.1, 0.15) is 80.1 Å². The number of hydrogen-bond donors (Lipinski definition) is 1. The molecule has 4 heteroatoms. The minimum absolute atomic E-state index is 0.211. The second-order valence-corrected chi connectivity index (χ2v) is 4.51. The fraction of sp³-hybridized carbons (Fsp3) is 0.882. The Morgan fingerprint density at radius 3 is 1.81 bits per heavy atom. The largest absolute Gasteiger partial charge is 0.466 e. The Morgan fingerprint density at radius 1 is 1.14 bits per heavy atom. The van der Waals surface area contributed by atoms with Crippen molar-refractivity contribution < 1.29 is 14.3 Å². The van der Waals surface area contributed by atoms with Gasteiger partial charge in [0.25, 0.3) is 0 Å². The first-order valence-corrected chi connectivity index (χ1v) is 8.42. The summed E-state index contributed by atoms with van der Waals surface area (Å²) in [6, 6.07) is 0.